The molecule has 0 aliphatic carbocycles. The number of rotatable bonds is 12. The van der Waals surface area contributed by atoms with Gasteiger partial charge in [0.25, 0.3) is 5.91 Å². The Balaban J connectivity index is 2.12. The van der Waals surface area contributed by atoms with E-state index in [9.17, 15) is 19.5 Å². The number of hydrogen-bond donors (Lipinski definition) is 6. The van der Waals surface area contributed by atoms with Crippen molar-refractivity contribution in [3.8, 4) is 0 Å². The summed E-state index contributed by atoms with van der Waals surface area (Å²) in [4.78, 5) is 45.1. The van der Waals surface area contributed by atoms with Crippen LogP contribution in [0, 0.1) is 19.8 Å². The Bertz CT molecular complexity index is 1080. The highest BCUT2D eigenvalue weighted by Crippen LogP contribution is 2.24. The Morgan fingerprint density at radius 3 is 2.36 bits per heavy atom. The lowest BCUT2D eigenvalue weighted by molar-refractivity contribution is -0.139. The number of nitrogens with two attached hydrogens (primary N) is 2. The number of aliphatic carboxylic acids is 1. The first kappa shape index (κ1) is 28.1. The molecule has 196 valence electrons. The number of aryl methyl sites for hydroxylation is 2. The molecular formula is C24H35N7O5. The van der Waals surface area contributed by atoms with Gasteiger partial charge in [0.05, 0.1) is 0 Å². The first-order valence-corrected chi connectivity index (χ1v) is 11.7. The van der Waals surface area contributed by atoms with E-state index in [1.807, 2.05) is 32.9 Å². The van der Waals surface area contributed by atoms with E-state index in [0.717, 1.165) is 5.56 Å². The first-order valence-electron chi connectivity index (χ1n) is 11.7. The smallest absolute Gasteiger partial charge is 0.326 e. The van der Waals surface area contributed by atoms with Crippen molar-refractivity contribution in [3.05, 3.63) is 47.2 Å². The van der Waals surface area contributed by atoms with Crippen LogP contribution in [0.1, 0.15) is 66.9 Å². The maximum Gasteiger partial charge on any atom is 0.326 e. The van der Waals surface area contributed by atoms with Crippen LogP contribution in [0.5, 0.6) is 0 Å². The fourth-order valence-electron chi connectivity index (χ4n) is 3.42. The minimum absolute atomic E-state index is 0.0463. The van der Waals surface area contributed by atoms with Gasteiger partial charge in [0, 0.05) is 12.2 Å². The van der Waals surface area contributed by atoms with E-state index >= 15 is 0 Å². The van der Waals surface area contributed by atoms with Gasteiger partial charge in [-0.05, 0) is 51.2 Å². The second-order valence-corrected chi connectivity index (χ2v) is 8.92. The van der Waals surface area contributed by atoms with Crippen molar-refractivity contribution in [2.24, 2.45) is 22.4 Å². The van der Waals surface area contributed by atoms with Crippen LogP contribution in [0.3, 0.4) is 0 Å². The van der Waals surface area contributed by atoms with Crippen molar-refractivity contribution < 1.29 is 23.9 Å². The molecule has 2 aromatic rings. The molecule has 0 aliphatic heterocycles. The molecule has 12 heteroatoms. The molecule has 0 fully saturated rings. The normalized spacial score (nSPS) is 12.5. The second-order valence-electron chi connectivity index (χ2n) is 8.92. The van der Waals surface area contributed by atoms with Crippen molar-refractivity contribution in [1.82, 2.24) is 15.6 Å². The van der Waals surface area contributed by atoms with Gasteiger partial charge in [-0.3, -0.25) is 9.79 Å². The van der Waals surface area contributed by atoms with Gasteiger partial charge in [-0.15, -0.1) is 0 Å². The van der Waals surface area contributed by atoms with Crippen LogP contribution < -0.4 is 27.4 Å². The Kier molecular flexibility index (Phi) is 10.3. The molecule has 0 spiro atoms. The summed E-state index contributed by atoms with van der Waals surface area (Å²) in [5, 5.41) is 17.6. The van der Waals surface area contributed by atoms with Gasteiger partial charge < -0.3 is 36.9 Å². The Morgan fingerprint density at radius 1 is 1.11 bits per heavy atom. The lowest BCUT2D eigenvalue weighted by atomic mass is 10.0. The highest BCUT2D eigenvalue weighted by atomic mass is 16.4. The zero-order chi connectivity index (χ0) is 26.8. The van der Waals surface area contributed by atoms with Crippen LogP contribution in [0.25, 0.3) is 0 Å². The third-order valence-corrected chi connectivity index (χ3v) is 5.20. The molecule has 0 saturated carbocycles. The van der Waals surface area contributed by atoms with E-state index in [1.165, 1.54) is 0 Å². The van der Waals surface area contributed by atoms with Crippen molar-refractivity contribution in [2.75, 3.05) is 11.9 Å². The number of aliphatic imine (C=N–C) groups is 1. The highest BCUT2D eigenvalue weighted by Gasteiger charge is 2.27. The number of nitrogens with one attached hydrogen (secondary N) is 3. The molecular weight excluding hydrogens is 466 g/mol. The number of guanidine groups is 1. The number of carbonyl (C=O) groups excluding carboxylic acids is 2. The zero-order valence-electron chi connectivity index (χ0n) is 21.0. The third kappa shape index (κ3) is 8.93. The number of benzene rings is 1. The summed E-state index contributed by atoms with van der Waals surface area (Å²) >= 11 is 0. The number of oxazole rings is 1. The SMILES string of the molecule is Cc1ccc(NC(=O)N[C@@H](CC(C)C)c2nc(C(=O)N[C@@H](CCCN=C(N)N)C(=O)O)c(C)o2)cc1. The molecule has 12 nitrogen and oxygen atoms in total. The molecule has 1 aromatic heterocycles. The van der Waals surface area contributed by atoms with Crippen LogP contribution in [0.15, 0.2) is 33.7 Å². The van der Waals surface area contributed by atoms with Crippen LogP contribution in [-0.4, -0.2) is 46.5 Å². The maximum atomic E-state index is 12.8. The molecule has 0 aliphatic rings. The number of urea groups is 1. The summed E-state index contributed by atoms with van der Waals surface area (Å²) < 4.78 is 5.73. The molecule has 2 rings (SSSR count). The number of carbonyl (C=O) groups is 3. The number of anilines is 1. The molecule has 3 amide bonds. The number of hydrogen-bond acceptors (Lipinski definition) is 6. The molecule has 8 N–H and O–H groups in total. The van der Waals surface area contributed by atoms with E-state index in [1.54, 1.807) is 19.1 Å². The molecule has 36 heavy (non-hydrogen) atoms. The van der Waals surface area contributed by atoms with Gasteiger partial charge in [-0.25, -0.2) is 14.6 Å². The lowest BCUT2D eigenvalue weighted by Gasteiger charge is -2.18. The van der Waals surface area contributed by atoms with Gasteiger partial charge in [0.1, 0.15) is 17.8 Å². The minimum atomic E-state index is -1.19. The molecule has 2 atom stereocenters. The fraction of sp³-hybridized carbons (Fsp3) is 0.458. The third-order valence-electron chi connectivity index (χ3n) is 5.20. The Labute approximate surface area is 209 Å². The van der Waals surface area contributed by atoms with Crippen LogP contribution in [0.4, 0.5) is 10.5 Å². The van der Waals surface area contributed by atoms with Crippen molar-refractivity contribution in [1.29, 1.82) is 0 Å². The van der Waals surface area contributed by atoms with Gasteiger partial charge in [0.2, 0.25) is 5.89 Å². The number of carboxylic acid groups (broad SMARTS) is 1. The Hall–Kier alpha value is -4.09. The fourth-order valence-corrected chi connectivity index (χ4v) is 3.42. The van der Waals surface area contributed by atoms with Gasteiger partial charge in [-0.2, -0.15) is 0 Å². The number of amides is 3. The predicted octanol–water partition coefficient (Wildman–Crippen LogP) is 2.44. The number of aromatic nitrogens is 1. The summed E-state index contributed by atoms with van der Waals surface area (Å²) in [7, 11) is 0. The average molecular weight is 502 g/mol. The summed E-state index contributed by atoms with van der Waals surface area (Å²) in [5.41, 5.74) is 12.2. The van der Waals surface area contributed by atoms with Gasteiger partial charge >= 0.3 is 12.0 Å². The first-order chi connectivity index (χ1) is 17.0. The van der Waals surface area contributed by atoms with E-state index in [4.69, 9.17) is 15.9 Å². The number of carboxylic acids is 1. The molecule has 1 heterocycles. The summed E-state index contributed by atoms with van der Waals surface area (Å²) in [6.45, 7) is 7.71. The van der Waals surface area contributed by atoms with Crippen LogP contribution in [-0.2, 0) is 4.79 Å². The minimum Gasteiger partial charge on any atom is -0.480 e. The van der Waals surface area contributed by atoms with E-state index in [-0.39, 0.29) is 42.2 Å². The van der Waals surface area contributed by atoms with Crippen LogP contribution >= 0.6 is 0 Å². The second kappa shape index (κ2) is 13.1. The average Bonchev–Trinajstić information content (AvgIpc) is 3.18. The molecule has 0 unspecified atom stereocenters. The largest absolute Gasteiger partial charge is 0.480 e. The number of nitrogens with zero attached hydrogens (tertiary/aromatic N) is 2. The van der Waals surface area contributed by atoms with Crippen molar-refractivity contribution in [3.63, 3.8) is 0 Å². The van der Waals surface area contributed by atoms with Gasteiger partial charge in [-0.1, -0.05) is 31.5 Å². The monoisotopic (exact) mass is 501 g/mol. The summed E-state index contributed by atoms with van der Waals surface area (Å²) in [6, 6.07) is 5.14. The maximum absolute atomic E-state index is 12.8. The molecule has 0 saturated heterocycles. The van der Waals surface area contributed by atoms with Crippen molar-refractivity contribution in [2.45, 2.75) is 59.0 Å². The van der Waals surface area contributed by atoms with E-state index in [2.05, 4.69) is 25.9 Å². The lowest BCUT2D eigenvalue weighted by Crippen LogP contribution is -2.41. The van der Waals surface area contributed by atoms with E-state index in [0.29, 0.717) is 18.5 Å². The molecule has 0 bridgehead atoms. The predicted molar refractivity (Wildman–Crippen MR) is 136 cm³/mol. The topological polar surface area (TPSA) is 198 Å². The summed E-state index contributed by atoms with van der Waals surface area (Å²) in [5.74, 6) is -1.42. The quantitative estimate of drug-likeness (QED) is 0.145. The molecule has 0 radical (unpaired) electrons. The highest BCUT2D eigenvalue weighted by molar-refractivity contribution is 5.95. The zero-order valence-corrected chi connectivity index (χ0v) is 21.0. The summed E-state index contributed by atoms with van der Waals surface area (Å²) in [6.07, 6.45) is 0.984. The van der Waals surface area contributed by atoms with Crippen molar-refractivity contribution >= 4 is 29.6 Å². The van der Waals surface area contributed by atoms with E-state index < -0.39 is 30.0 Å². The van der Waals surface area contributed by atoms with Crippen LogP contribution in [0.2, 0.25) is 0 Å². The Morgan fingerprint density at radius 2 is 1.78 bits per heavy atom. The molecule has 1 aromatic carbocycles. The standard InChI is InChI=1S/C24H35N7O5/c1-13(2)12-18(30-24(35)28-16-9-7-14(3)8-10-16)21-31-19(15(4)36-21)20(32)29-17(22(33)34)6-5-11-27-23(25)26/h7-10,13,17-18H,5-6,11-12H2,1-4H3,(H,29,32)(H,33,34)(H4,25,26,27)(H2,28,30,35)/t17-,18-/m0/s1. The van der Waals surface area contributed by atoms with Gasteiger partial charge in [0.15, 0.2) is 11.7 Å².